The number of hydrogen-bond donors (Lipinski definition) is 1. The van der Waals surface area contributed by atoms with Crippen LogP contribution in [0.25, 0.3) is 11.1 Å². The van der Waals surface area contributed by atoms with Crippen LogP contribution in [0.4, 0.5) is 5.69 Å². The van der Waals surface area contributed by atoms with E-state index in [1.165, 1.54) is 0 Å². The molecule has 2 rings (SSSR count). The van der Waals surface area contributed by atoms with Gasteiger partial charge in [0, 0.05) is 16.3 Å². The third-order valence-electron chi connectivity index (χ3n) is 2.57. The van der Waals surface area contributed by atoms with Crippen LogP contribution < -0.4 is 5.73 Å². The molecule has 0 heterocycles. The number of benzene rings is 2. The Labute approximate surface area is 115 Å². The molecule has 1 nitrogen and oxygen atoms in total. The van der Waals surface area contributed by atoms with Crippen LogP contribution in [-0.2, 0) is 0 Å². The molecule has 0 fully saturated rings. The Morgan fingerprint density at radius 1 is 0.941 bits per heavy atom. The smallest absolute Gasteiger partial charge is 0.0514 e. The Balaban J connectivity index is 2.64. The zero-order valence-corrected chi connectivity index (χ0v) is 11.4. The third-order valence-corrected chi connectivity index (χ3v) is 3.39. The minimum atomic E-state index is 0.517. The van der Waals surface area contributed by atoms with E-state index in [-0.39, 0.29) is 0 Å². The second-order valence-electron chi connectivity index (χ2n) is 3.82. The molecule has 0 amide bonds. The second-order valence-corrected chi connectivity index (χ2v) is 5.07. The van der Waals surface area contributed by atoms with E-state index in [2.05, 4.69) is 0 Å². The first-order valence-corrected chi connectivity index (χ1v) is 6.13. The topological polar surface area (TPSA) is 26.0 Å². The Hall–Kier alpha value is -0.890. The lowest BCUT2D eigenvalue weighted by molar-refractivity contribution is 1.47. The van der Waals surface area contributed by atoms with Gasteiger partial charge < -0.3 is 5.73 Å². The molecule has 4 heteroatoms. The van der Waals surface area contributed by atoms with E-state index in [0.29, 0.717) is 20.8 Å². The molecule has 0 atom stereocenters. The van der Waals surface area contributed by atoms with E-state index in [1.807, 2.05) is 25.1 Å². The number of rotatable bonds is 1. The molecule has 2 N–H and O–H groups in total. The maximum absolute atomic E-state index is 6.15. The fourth-order valence-corrected chi connectivity index (χ4v) is 2.65. The molecule has 0 aliphatic heterocycles. The number of anilines is 1. The highest BCUT2D eigenvalue weighted by Gasteiger charge is 2.10. The molecule has 0 radical (unpaired) electrons. The quantitative estimate of drug-likeness (QED) is 0.716. The Bertz CT molecular complexity index is 556. The molecule has 0 bridgehead atoms. The van der Waals surface area contributed by atoms with Gasteiger partial charge in [-0.05, 0) is 36.2 Å². The average molecular weight is 287 g/mol. The van der Waals surface area contributed by atoms with Gasteiger partial charge in [-0.3, -0.25) is 0 Å². The van der Waals surface area contributed by atoms with Crippen LogP contribution in [0.3, 0.4) is 0 Å². The van der Waals surface area contributed by atoms with E-state index < -0.39 is 0 Å². The lowest BCUT2D eigenvalue weighted by Crippen LogP contribution is -1.90. The molecule has 2 aromatic rings. The molecule has 0 aliphatic carbocycles. The minimum absolute atomic E-state index is 0.517. The van der Waals surface area contributed by atoms with Crippen molar-refractivity contribution in [3.63, 3.8) is 0 Å². The fraction of sp³-hybridized carbons (Fsp3) is 0.0769. The lowest BCUT2D eigenvalue weighted by Gasteiger charge is -2.10. The molecule has 88 valence electrons. The maximum Gasteiger partial charge on any atom is 0.0514 e. The number of nitrogen functional groups attached to an aromatic ring is 1. The third kappa shape index (κ3) is 2.52. The summed E-state index contributed by atoms with van der Waals surface area (Å²) in [7, 11) is 0. The van der Waals surface area contributed by atoms with Crippen LogP contribution >= 0.6 is 34.8 Å². The summed E-state index contributed by atoms with van der Waals surface area (Å²) in [5.41, 5.74) is 9.25. The summed E-state index contributed by atoms with van der Waals surface area (Å²) in [6.45, 7) is 1.95. The summed E-state index contributed by atoms with van der Waals surface area (Å²) >= 11 is 18.2. The Morgan fingerprint density at radius 3 is 2.06 bits per heavy atom. The highest BCUT2D eigenvalue weighted by Crippen LogP contribution is 2.38. The Kier molecular flexibility index (Phi) is 3.53. The van der Waals surface area contributed by atoms with Crippen LogP contribution in [0.5, 0.6) is 0 Å². The first-order valence-electron chi connectivity index (χ1n) is 5.00. The predicted molar refractivity (Wildman–Crippen MR) is 76.1 cm³/mol. The van der Waals surface area contributed by atoms with Crippen molar-refractivity contribution in [1.29, 1.82) is 0 Å². The Morgan fingerprint density at radius 2 is 1.53 bits per heavy atom. The molecule has 0 unspecified atom stereocenters. The normalized spacial score (nSPS) is 10.6. The van der Waals surface area contributed by atoms with Crippen molar-refractivity contribution >= 4 is 40.5 Å². The standard InChI is InChI=1S/C13H10Cl3N/c1-7-2-3-8(4-12(7)17)13-10(15)5-9(14)6-11(13)16/h2-6H,17H2,1H3. The van der Waals surface area contributed by atoms with E-state index in [9.17, 15) is 0 Å². The van der Waals surface area contributed by atoms with E-state index >= 15 is 0 Å². The van der Waals surface area contributed by atoms with Gasteiger partial charge in [-0.1, -0.05) is 46.9 Å². The van der Waals surface area contributed by atoms with Crippen molar-refractivity contribution in [1.82, 2.24) is 0 Å². The van der Waals surface area contributed by atoms with Crippen molar-refractivity contribution in [2.45, 2.75) is 6.92 Å². The first kappa shape index (κ1) is 12.6. The van der Waals surface area contributed by atoms with Crippen LogP contribution in [0, 0.1) is 6.92 Å². The van der Waals surface area contributed by atoms with Gasteiger partial charge in [0.25, 0.3) is 0 Å². The molecule has 0 aromatic heterocycles. The molecule has 0 aliphatic rings. The largest absolute Gasteiger partial charge is 0.398 e. The monoisotopic (exact) mass is 285 g/mol. The molecule has 0 spiro atoms. The molecule has 0 saturated carbocycles. The van der Waals surface area contributed by atoms with Gasteiger partial charge in [0.1, 0.15) is 0 Å². The summed E-state index contributed by atoms with van der Waals surface area (Å²) in [5, 5.41) is 1.56. The van der Waals surface area contributed by atoms with Gasteiger partial charge in [-0.25, -0.2) is 0 Å². The van der Waals surface area contributed by atoms with Gasteiger partial charge >= 0.3 is 0 Å². The van der Waals surface area contributed by atoms with E-state index in [0.717, 1.165) is 16.7 Å². The minimum Gasteiger partial charge on any atom is -0.398 e. The van der Waals surface area contributed by atoms with Gasteiger partial charge in [0.2, 0.25) is 0 Å². The highest BCUT2D eigenvalue weighted by atomic mass is 35.5. The van der Waals surface area contributed by atoms with Crippen molar-refractivity contribution in [2.75, 3.05) is 5.73 Å². The number of aryl methyl sites for hydroxylation is 1. The molecule has 0 saturated heterocycles. The summed E-state index contributed by atoms with van der Waals surface area (Å²) in [4.78, 5) is 0. The van der Waals surface area contributed by atoms with Crippen LogP contribution in [0.15, 0.2) is 30.3 Å². The van der Waals surface area contributed by atoms with Crippen molar-refractivity contribution in [3.05, 3.63) is 51.0 Å². The first-order chi connectivity index (χ1) is 7.99. The predicted octanol–water partition coefficient (Wildman–Crippen LogP) is 5.20. The summed E-state index contributed by atoms with van der Waals surface area (Å²) in [6, 6.07) is 9.07. The van der Waals surface area contributed by atoms with Gasteiger partial charge in [-0.2, -0.15) is 0 Å². The van der Waals surface area contributed by atoms with Crippen LogP contribution in [0.1, 0.15) is 5.56 Å². The van der Waals surface area contributed by atoms with Gasteiger partial charge in [-0.15, -0.1) is 0 Å². The van der Waals surface area contributed by atoms with E-state index in [1.54, 1.807) is 12.1 Å². The molecule has 2 aromatic carbocycles. The zero-order chi connectivity index (χ0) is 12.6. The second kappa shape index (κ2) is 4.77. The summed E-state index contributed by atoms with van der Waals surface area (Å²) in [5.74, 6) is 0. The van der Waals surface area contributed by atoms with Crippen LogP contribution in [0.2, 0.25) is 15.1 Å². The van der Waals surface area contributed by atoms with E-state index in [4.69, 9.17) is 40.5 Å². The summed E-state index contributed by atoms with van der Waals surface area (Å²) < 4.78 is 0. The zero-order valence-electron chi connectivity index (χ0n) is 9.10. The van der Waals surface area contributed by atoms with Gasteiger partial charge in [0.15, 0.2) is 0 Å². The summed E-state index contributed by atoms with van der Waals surface area (Å²) in [6.07, 6.45) is 0. The fourth-order valence-electron chi connectivity index (χ4n) is 1.61. The number of hydrogen-bond acceptors (Lipinski definition) is 1. The lowest BCUT2D eigenvalue weighted by atomic mass is 10.0. The number of halogens is 3. The average Bonchev–Trinajstić information content (AvgIpc) is 2.21. The van der Waals surface area contributed by atoms with Crippen molar-refractivity contribution in [3.8, 4) is 11.1 Å². The number of nitrogens with two attached hydrogens (primary N) is 1. The molecular formula is C13H10Cl3N. The molecule has 17 heavy (non-hydrogen) atoms. The molecular weight excluding hydrogens is 277 g/mol. The van der Waals surface area contributed by atoms with Crippen molar-refractivity contribution < 1.29 is 0 Å². The van der Waals surface area contributed by atoms with Crippen molar-refractivity contribution in [2.24, 2.45) is 0 Å². The van der Waals surface area contributed by atoms with Crippen LogP contribution in [-0.4, -0.2) is 0 Å². The highest BCUT2D eigenvalue weighted by molar-refractivity contribution is 6.41. The maximum atomic E-state index is 6.15. The van der Waals surface area contributed by atoms with Gasteiger partial charge in [0.05, 0.1) is 10.0 Å². The SMILES string of the molecule is Cc1ccc(-c2c(Cl)cc(Cl)cc2Cl)cc1N.